The number of hydrogen-bond donors (Lipinski definition) is 14. The summed E-state index contributed by atoms with van der Waals surface area (Å²) in [5.74, 6) is -1.40. The number of rotatable bonds is 18. The number of ether oxygens (including phenoxy) is 3. The fourth-order valence-corrected chi connectivity index (χ4v) is 13.8. The topological polar surface area (TPSA) is 408 Å². The molecular weight excluding hydrogens is 991 g/mol. The van der Waals surface area contributed by atoms with Crippen molar-refractivity contribution >= 4 is 63.2 Å². The number of aliphatic hydroxyl groups is 7. The van der Waals surface area contributed by atoms with Crippen molar-refractivity contribution in [2.45, 2.75) is 173 Å². The van der Waals surface area contributed by atoms with Crippen LogP contribution in [0.3, 0.4) is 0 Å². The minimum Gasteiger partial charge on any atom is -0.469 e. The maximum Gasteiger partial charge on any atom is 0.529 e. The lowest BCUT2D eigenvalue weighted by Crippen LogP contribution is -2.85. The molecule has 30 heteroatoms. The number of urea groups is 2. The summed E-state index contributed by atoms with van der Waals surface area (Å²) in [6.45, 7) is 4.64. The second-order valence-corrected chi connectivity index (χ2v) is 23.8. The van der Waals surface area contributed by atoms with E-state index in [-0.39, 0.29) is 59.6 Å². The van der Waals surface area contributed by atoms with Crippen LogP contribution in [0.2, 0.25) is 0 Å². The zero-order valence-corrected chi connectivity index (χ0v) is 41.7. The highest BCUT2D eigenvalue weighted by molar-refractivity contribution is 8.00. The molecule has 6 heterocycles. The number of unbranched alkanes of at least 4 members (excludes halogenated alkanes) is 1. The van der Waals surface area contributed by atoms with Crippen molar-refractivity contribution in [1.82, 2.24) is 21.3 Å². The van der Waals surface area contributed by atoms with E-state index in [1.54, 1.807) is 23.5 Å². The highest BCUT2D eigenvalue weighted by Crippen LogP contribution is 2.58. The summed E-state index contributed by atoms with van der Waals surface area (Å²) in [5.41, 5.74) is -11.1. The Balaban J connectivity index is 0.000000457. The number of thioether (sulfide) groups is 2. The van der Waals surface area contributed by atoms with E-state index in [1.165, 1.54) is 41.7 Å². The summed E-state index contributed by atoms with van der Waals surface area (Å²) in [6, 6.07) is -0.391. The molecule has 0 aromatic carbocycles. The van der Waals surface area contributed by atoms with E-state index in [1.807, 2.05) is 0 Å². The first-order valence-electron chi connectivity index (χ1n) is 21.9. The summed E-state index contributed by atoms with van der Waals surface area (Å²) in [4.78, 5) is 76.7. The first-order valence-corrected chi connectivity index (χ1v) is 27.0. The van der Waals surface area contributed by atoms with Gasteiger partial charge in [-0.1, -0.05) is 12.8 Å². The molecule has 6 rings (SSSR count). The Labute approximate surface area is 400 Å². The van der Waals surface area contributed by atoms with Gasteiger partial charge in [0.15, 0.2) is 6.29 Å². The molecule has 0 bridgehead atoms. The van der Waals surface area contributed by atoms with Gasteiger partial charge in [0, 0.05) is 28.4 Å². The first-order chi connectivity index (χ1) is 31.3. The molecule has 0 saturated carbocycles. The van der Waals surface area contributed by atoms with Crippen LogP contribution in [-0.2, 0) is 46.5 Å². The minimum atomic E-state index is -5.09. The number of amides is 4. The number of nitrogens with one attached hydrogen (secondary N) is 4. The number of methoxy groups -OCH3 is 1. The third-order valence-corrected chi connectivity index (χ3v) is 18.7. The monoisotopic (exact) mass is 1060 g/mol. The van der Waals surface area contributed by atoms with Gasteiger partial charge in [-0.2, -0.15) is 23.5 Å². The third kappa shape index (κ3) is 12.1. The maximum absolute atomic E-state index is 13.4. The van der Waals surface area contributed by atoms with E-state index in [2.05, 4.69) is 30.5 Å². The van der Waals surface area contributed by atoms with Gasteiger partial charge in [0.25, 0.3) is 0 Å². The summed E-state index contributed by atoms with van der Waals surface area (Å²) >= 11 is 3.43. The average Bonchev–Trinajstić information content (AvgIpc) is 4.01. The number of hydrogen-bond acceptors (Lipinski definition) is 21. The minimum absolute atomic E-state index is 0.00361. The first kappa shape index (κ1) is 57.0. The van der Waals surface area contributed by atoms with Gasteiger partial charge in [0.1, 0.15) is 52.4 Å². The Morgan fingerprint density at radius 2 is 1.31 bits per heavy atom. The van der Waals surface area contributed by atoms with Crippen molar-refractivity contribution in [1.29, 1.82) is 0 Å². The van der Waals surface area contributed by atoms with Gasteiger partial charge >= 0.3 is 39.6 Å². The SMILES string of the molecule is COC(=O)C(CCCC1SC[C@@H]2NC(=O)N[C@H]12)[C@@]1(C)OC(C)(COP(=O)(O)OC(=O)CCCC[C@@H]2SC[C@@H]3NC(=O)N[C@@H]32)[C@@](C)(O)C(C)(O)C1(C)O.O=P(O)(O)OC[C@H]1O[C@H](O)[C@@H](O)[C@@H](O)[C@@H]1O. The number of esters is 1. The molecule has 4 amide bonds. The molecule has 0 aromatic heterocycles. The molecule has 0 spiro atoms. The maximum atomic E-state index is 13.4. The van der Waals surface area contributed by atoms with Gasteiger partial charge in [0.05, 0.1) is 50.4 Å². The zero-order chi connectivity index (χ0) is 51.0. The summed E-state index contributed by atoms with van der Waals surface area (Å²) < 4.78 is 53.6. The summed E-state index contributed by atoms with van der Waals surface area (Å²) in [6.07, 6.45) is -5.42. The van der Waals surface area contributed by atoms with Crippen molar-refractivity contribution in [2.24, 2.45) is 5.92 Å². The van der Waals surface area contributed by atoms with Gasteiger partial charge in [-0.15, -0.1) is 0 Å². The van der Waals surface area contributed by atoms with E-state index in [4.69, 9.17) is 38.5 Å². The quantitative estimate of drug-likeness (QED) is 0.0311. The van der Waals surface area contributed by atoms with Crippen molar-refractivity contribution in [3.8, 4) is 0 Å². The highest BCUT2D eigenvalue weighted by Gasteiger charge is 2.76. The van der Waals surface area contributed by atoms with Crippen LogP contribution in [0.1, 0.15) is 79.6 Å². The Morgan fingerprint density at radius 3 is 1.84 bits per heavy atom. The Morgan fingerprint density at radius 1 is 0.765 bits per heavy atom. The smallest absolute Gasteiger partial charge is 0.469 e. The second kappa shape index (κ2) is 21.7. The molecule has 392 valence electrons. The van der Waals surface area contributed by atoms with E-state index in [0.29, 0.717) is 25.7 Å². The third-order valence-electron chi connectivity index (χ3n) is 14.3. The van der Waals surface area contributed by atoms with Crippen LogP contribution in [0.5, 0.6) is 0 Å². The predicted octanol–water partition coefficient (Wildman–Crippen LogP) is -1.81. The molecular formula is C38H66N4O22P2S2. The van der Waals surface area contributed by atoms with Crippen molar-refractivity contribution in [3.05, 3.63) is 0 Å². The number of carbonyl (C=O) groups is 4. The molecule has 6 saturated heterocycles. The van der Waals surface area contributed by atoms with Crippen LogP contribution in [-0.4, -0.2) is 200 Å². The molecule has 26 nitrogen and oxygen atoms in total. The number of phosphoric ester groups is 2. The van der Waals surface area contributed by atoms with Gasteiger partial charge in [-0.05, 0) is 60.3 Å². The molecule has 6 unspecified atom stereocenters. The molecule has 6 fully saturated rings. The second-order valence-electron chi connectivity index (χ2n) is 18.7. The highest BCUT2D eigenvalue weighted by atomic mass is 32.2. The van der Waals surface area contributed by atoms with Crippen LogP contribution in [0.4, 0.5) is 9.59 Å². The lowest BCUT2D eigenvalue weighted by molar-refractivity contribution is -0.409. The summed E-state index contributed by atoms with van der Waals surface area (Å²) in [7, 11) is -8.64. The number of fused-ring (bicyclic) bond motifs is 2. The number of phosphoric acid groups is 2. The molecule has 68 heavy (non-hydrogen) atoms. The number of aliphatic hydroxyl groups excluding tert-OH is 4. The van der Waals surface area contributed by atoms with Crippen LogP contribution in [0, 0.1) is 5.92 Å². The van der Waals surface area contributed by atoms with Crippen LogP contribution < -0.4 is 21.3 Å². The van der Waals surface area contributed by atoms with Gasteiger partial charge in [-0.25, -0.2) is 18.7 Å². The van der Waals surface area contributed by atoms with Crippen LogP contribution in [0.25, 0.3) is 0 Å². The van der Waals surface area contributed by atoms with E-state index < -0.39 is 105 Å². The van der Waals surface area contributed by atoms with Gasteiger partial charge in [0.2, 0.25) is 0 Å². The average molecular weight is 1060 g/mol. The molecule has 14 N–H and O–H groups in total. The van der Waals surface area contributed by atoms with Gasteiger partial charge in [-0.3, -0.25) is 23.5 Å². The molecule has 0 aliphatic carbocycles. The molecule has 0 radical (unpaired) electrons. The Kier molecular flexibility index (Phi) is 18.2. The molecule has 6 aliphatic rings. The van der Waals surface area contributed by atoms with Crippen LogP contribution >= 0.6 is 39.2 Å². The fraction of sp³-hybridized carbons (Fsp3) is 0.895. The molecule has 0 aromatic rings. The lowest BCUT2D eigenvalue weighted by atomic mass is 9.55. The van der Waals surface area contributed by atoms with E-state index in [9.17, 15) is 58.7 Å². The summed E-state index contributed by atoms with van der Waals surface area (Å²) in [5, 5.41) is 84.3. The Bertz CT molecular complexity index is 1940. The molecule has 18 atom stereocenters. The fourth-order valence-electron chi connectivity index (χ4n) is 9.55. The van der Waals surface area contributed by atoms with Crippen molar-refractivity contribution in [3.63, 3.8) is 0 Å². The largest absolute Gasteiger partial charge is 0.529 e. The van der Waals surface area contributed by atoms with E-state index in [0.717, 1.165) is 17.9 Å². The molecule has 6 aliphatic heterocycles. The Hall–Kier alpha value is -1.92. The lowest BCUT2D eigenvalue weighted by Gasteiger charge is -2.67. The van der Waals surface area contributed by atoms with Gasteiger partial charge < -0.3 is 85.5 Å². The predicted molar refractivity (Wildman–Crippen MR) is 237 cm³/mol. The zero-order valence-electron chi connectivity index (χ0n) is 38.3. The van der Waals surface area contributed by atoms with E-state index >= 15 is 0 Å². The number of carbonyl (C=O) groups excluding carboxylic acids is 4. The van der Waals surface area contributed by atoms with Crippen molar-refractivity contribution < 1.29 is 107 Å². The standard InChI is InChI=1S/C32H53N4O13PS2.C6H13O9P/c1-28(16-47-50(44,45)48-22(37)13-8-7-11-20-23-18(14-51-20)33-26(39)35-23)30(3,41)32(5,43)31(4,42)29(2,49-28)17(25(38)46-6)10-9-12-21-24-19(15-52-21)34-27(40)36-24;7-3-2(1-14-16(11,12)13)15-6(10)5(9)4(3)8/h17-21,23-24,41-43H,7-16H2,1-6H3,(H,44,45)(H2,33,35,39)(H2,34,36,40);2-10H,1H2,(H2,11,12,13)/t17?,18-,19-,20-,21?,23-,24-,28?,29+,30+,31?,32?;2-,3-,4+,5+,6+/m01/s1. The van der Waals surface area contributed by atoms with Crippen LogP contribution in [0.15, 0.2) is 0 Å². The van der Waals surface area contributed by atoms with Crippen molar-refractivity contribution in [2.75, 3.05) is 31.8 Å². The normalized spacial score (nSPS) is 42.2.